The van der Waals surface area contributed by atoms with Gasteiger partial charge in [0.2, 0.25) is 5.39 Å². The summed E-state index contributed by atoms with van der Waals surface area (Å²) >= 11 is 1.82. The highest BCUT2D eigenvalue weighted by Gasteiger charge is 2.46. The van der Waals surface area contributed by atoms with Gasteiger partial charge in [0.05, 0.1) is 0 Å². The number of sulfonamides is 2. The maximum Gasteiger partial charge on any atom is 0.480 e. The lowest BCUT2D eigenvalue weighted by Crippen LogP contribution is -2.30. The van der Waals surface area contributed by atoms with Crippen LogP contribution in [0.25, 0.3) is 9.10 Å². The summed E-state index contributed by atoms with van der Waals surface area (Å²) in [6, 6.07) is 12.6. The van der Waals surface area contributed by atoms with Crippen LogP contribution in [0.3, 0.4) is 0 Å². The van der Waals surface area contributed by atoms with Crippen LogP contribution in [0.15, 0.2) is 41.3 Å². The Balaban J connectivity index is 0.000000352. The van der Waals surface area contributed by atoms with Gasteiger partial charge < -0.3 is 4.13 Å². The van der Waals surface area contributed by atoms with Crippen molar-refractivity contribution in [2.24, 2.45) is 0 Å². The van der Waals surface area contributed by atoms with Gasteiger partial charge in [-0.2, -0.15) is 26.3 Å². The van der Waals surface area contributed by atoms with Crippen LogP contribution in [-0.4, -0.2) is 27.9 Å². The highest BCUT2D eigenvalue weighted by molar-refractivity contribution is 8.13. The van der Waals surface area contributed by atoms with Gasteiger partial charge in [0.25, 0.3) is 0 Å². The van der Waals surface area contributed by atoms with E-state index in [0.717, 1.165) is 21.0 Å². The molecule has 0 saturated heterocycles. The van der Waals surface area contributed by atoms with Crippen LogP contribution in [-0.2, 0) is 25.8 Å². The minimum Gasteiger partial charge on any atom is -0.421 e. The number of hydrogen-bond acceptors (Lipinski definition) is 6. The van der Waals surface area contributed by atoms with E-state index in [1.807, 2.05) is 31.7 Å². The van der Waals surface area contributed by atoms with Gasteiger partial charge in [-0.05, 0) is 38.0 Å². The average molecular weight is 550 g/mol. The van der Waals surface area contributed by atoms with Gasteiger partial charge in [0.15, 0.2) is 25.0 Å². The molecule has 0 bridgehead atoms. The molecule has 0 aliphatic heterocycles. The highest BCUT2D eigenvalue weighted by Crippen LogP contribution is 2.36. The first kappa shape index (κ1) is 29.7. The smallest absolute Gasteiger partial charge is 0.421 e. The van der Waals surface area contributed by atoms with Gasteiger partial charge in [-0.15, -0.1) is 11.8 Å². The summed E-state index contributed by atoms with van der Waals surface area (Å²) in [6.45, 7) is 6.11. The van der Waals surface area contributed by atoms with E-state index in [1.54, 1.807) is 0 Å². The Hall–Kier alpha value is -2.35. The molecule has 34 heavy (non-hydrogen) atoms. The number of halogens is 6. The van der Waals surface area contributed by atoms with Gasteiger partial charge in [0, 0.05) is 22.3 Å². The molecule has 2 rings (SSSR count). The van der Waals surface area contributed by atoms with E-state index in [9.17, 15) is 43.2 Å². The second-order valence-electron chi connectivity index (χ2n) is 6.69. The minimum atomic E-state index is -6.72. The summed E-state index contributed by atoms with van der Waals surface area (Å²) < 4.78 is 109. The summed E-state index contributed by atoms with van der Waals surface area (Å²) in [6.07, 6.45) is 0. The van der Waals surface area contributed by atoms with E-state index in [4.69, 9.17) is 5.39 Å². The first-order valence-electron chi connectivity index (χ1n) is 8.82. The van der Waals surface area contributed by atoms with Crippen LogP contribution in [0.2, 0.25) is 0 Å². The highest BCUT2D eigenvalue weighted by atomic mass is 32.3. The molecule has 7 nitrogen and oxygen atoms in total. The Morgan fingerprint density at radius 1 is 0.853 bits per heavy atom. The third-order valence-electron chi connectivity index (χ3n) is 3.90. The van der Waals surface area contributed by atoms with Crippen molar-refractivity contribution < 1.29 is 43.2 Å². The van der Waals surface area contributed by atoms with Crippen molar-refractivity contribution in [1.29, 1.82) is 5.39 Å². The van der Waals surface area contributed by atoms with Gasteiger partial charge in [0.1, 0.15) is 0 Å². The fourth-order valence-corrected chi connectivity index (χ4v) is 4.87. The van der Waals surface area contributed by atoms with E-state index in [2.05, 4.69) is 42.2 Å². The van der Waals surface area contributed by atoms with Crippen molar-refractivity contribution in [2.75, 3.05) is 0 Å². The predicted molar refractivity (Wildman–Crippen MR) is 115 cm³/mol. The number of alkyl halides is 6. The second kappa shape index (κ2) is 10.9. The molecule has 2 aromatic carbocycles. The molecule has 0 saturated carbocycles. The number of diazo groups is 1. The molecule has 0 radical (unpaired) electrons. The Morgan fingerprint density at radius 3 is 1.74 bits per heavy atom. The molecule has 188 valence electrons. The third-order valence-corrected chi connectivity index (χ3v) is 7.87. The molecular formula is C18H17F6N3O4S3. The largest absolute Gasteiger partial charge is 0.480 e. The Morgan fingerprint density at radius 2 is 1.32 bits per heavy atom. The van der Waals surface area contributed by atoms with Gasteiger partial charge in [-0.3, -0.25) is 0 Å². The molecule has 0 amide bonds. The topological polar surface area (TPSA) is 111 Å². The molecule has 0 atom stereocenters. The molecule has 16 heteroatoms. The standard InChI is InChI=1S/C16H17N2S.C2F6NO4S2/c1-11-4-6-14(7-5-11)10-19-16-9-12(2)15(18-17)8-13(16)3;3-1(4,5)14(10,11)9-15(12,13)2(6,7)8/h4-9H,10H2,1-3H3;/q+1;-1. The third kappa shape index (κ3) is 8.15. The lowest BCUT2D eigenvalue weighted by Gasteiger charge is -2.22. The summed E-state index contributed by atoms with van der Waals surface area (Å²) in [7, 11) is -13.4. The van der Waals surface area contributed by atoms with Crippen LogP contribution in [0.5, 0.6) is 0 Å². The van der Waals surface area contributed by atoms with Crippen LogP contribution in [0.1, 0.15) is 22.3 Å². The number of nitrogens with zero attached hydrogens (tertiary/aromatic N) is 3. The maximum atomic E-state index is 11.4. The van der Waals surface area contributed by atoms with E-state index < -0.39 is 31.1 Å². The summed E-state index contributed by atoms with van der Waals surface area (Å²) in [4.78, 5) is 4.53. The number of hydrogen-bond donors (Lipinski definition) is 0. The van der Waals surface area contributed by atoms with E-state index in [1.165, 1.54) is 16.0 Å². The van der Waals surface area contributed by atoms with E-state index in [-0.39, 0.29) is 0 Å². The van der Waals surface area contributed by atoms with Gasteiger partial charge >= 0.3 is 16.7 Å². The molecular weight excluding hydrogens is 532 g/mol. The molecule has 0 unspecified atom stereocenters. The summed E-state index contributed by atoms with van der Waals surface area (Å²) in [5.41, 5.74) is -7.00. The first-order chi connectivity index (χ1) is 15.3. The normalized spacial score (nSPS) is 12.5. The zero-order valence-electron chi connectivity index (χ0n) is 17.6. The zero-order chi connectivity index (χ0) is 26.5. The summed E-state index contributed by atoms with van der Waals surface area (Å²) in [5, 5.41) is 8.89. The van der Waals surface area contributed by atoms with Gasteiger partial charge in [-0.1, -0.05) is 29.8 Å². The fourth-order valence-electron chi connectivity index (χ4n) is 2.10. The van der Waals surface area contributed by atoms with Crippen LogP contribution >= 0.6 is 11.8 Å². The molecule has 0 aromatic heterocycles. The second-order valence-corrected chi connectivity index (χ2v) is 11.1. The molecule has 0 aliphatic rings. The number of rotatable bonds is 5. The average Bonchev–Trinajstić information content (AvgIpc) is 2.67. The Kier molecular flexibility index (Phi) is 9.54. The molecule has 0 spiro atoms. The molecule has 0 N–H and O–H groups in total. The van der Waals surface area contributed by atoms with E-state index >= 15 is 0 Å². The van der Waals surface area contributed by atoms with Crippen molar-refractivity contribution in [3.63, 3.8) is 0 Å². The zero-order valence-corrected chi connectivity index (χ0v) is 20.1. The van der Waals surface area contributed by atoms with E-state index in [0.29, 0.717) is 5.69 Å². The molecule has 0 fully saturated rings. The van der Waals surface area contributed by atoms with Crippen LogP contribution in [0, 0.1) is 26.2 Å². The SMILES string of the molecule is Cc1ccc(CSc2cc(C)c([N+]#N)cc2C)cc1.O=S(=O)([N-]S(=O)(=O)C(F)(F)F)C(F)(F)F. The van der Waals surface area contributed by atoms with Crippen molar-refractivity contribution in [3.8, 4) is 0 Å². The lowest BCUT2D eigenvalue weighted by molar-refractivity contribution is -0.0444. The van der Waals surface area contributed by atoms with Crippen LogP contribution < -0.4 is 0 Å². The Bertz CT molecular complexity index is 1230. The maximum absolute atomic E-state index is 11.4. The first-order valence-corrected chi connectivity index (χ1v) is 12.7. The predicted octanol–water partition coefficient (Wildman–Crippen LogP) is 6.45. The fraction of sp³-hybridized carbons (Fsp3) is 0.333. The number of benzene rings is 2. The quantitative estimate of drug-likeness (QED) is 0.241. The molecule has 2 aromatic rings. The van der Waals surface area contributed by atoms with Crippen LogP contribution in [0.4, 0.5) is 32.0 Å². The number of thioether (sulfide) groups is 1. The summed E-state index contributed by atoms with van der Waals surface area (Å²) in [5.74, 6) is 0.955. The van der Waals surface area contributed by atoms with Gasteiger partial charge in [-0.25, -0.2) is 16.8 Å². The lowest BCUT2D eigenvalue weighted by atomic mass is 10.1. The number of aryl methyl sites for hydroxylation is 3. The minimum absolute atomic E-state index is 0.650. The monoisotopic (exact) mass is 549 g/mol. The molecule has 0 heterocycles. The van der Waals surface area contributed by atoms with Crippen molar-refractivity contribution >= 4 is 37.5 Å². The van der Waals surface area contributed by atoms with Crippen molar-refractivity contribution in [2.45, 2.75) is 42.4 Å². The van der Waals surface area contributed by atoms with Crippen molar-refractivity contribution in [1.82, 2.24) is 0 Å². The Labute approximate surface area is 196 Å². The van der Waals surface area contributed by atoms with Crippen molar-refractivity contribution in [3.05, 3.63) is 67.8 Å². The molecule has 0 aliphatic carbocycles.